The van der Waals surface area contributed by atoms with Crippen LogP contribution in [-0.4, -0.2) is 34.6 Å². The van der Waals surface area contributed by atoms with Gasteiger partial charge in [0.2, 0.25) is 0 Å². The molecule has 0 aromatic carbocycles. The summed E-state index contributed by atoms with van der Waals surface area (Å²) in [6.45, 7) is 4.72. The van der Waals surface area contributed by atoms with E-state index in [-0.39, 0.29) is 6.61 Å². The van der Waals surface area contributed by atoms with Gasteiger partial charge in [-0.05, 0) is 6.92 Å². The molecular weight excluding hydrogens is 263 g/mol. The zero-order valence-corrected chi connectivity index (χ0v) is 9.83. The van der Waals surface area contributed by atoms with Gasteiger partial charge >= 0.3 is 16.8 Å². The summed E-state index contributed by atoms with van der Waals surface area (Å²) in [4.78, 5) is 29.4. The third kappa shape index (κ3) is 18.5. The summed E-state index contributed by atoms with van der Waals surface area (Å²) in [6, 6.07) is 0. The summed E-state index contributed by atoms with van der Waals surface area (Å²) < 4.78 is 9.02. The van der Waals surface area contributed by atoms with Crippen molar-refractivity contribution in [1.29, 1.82) is 0 Å². The second-order valence-electron chi connectivity index (χ2n) is 2.25. The third-order valence-electron chi connectivity index (χ3n) is 0.921. The second kappa shape index (κ2) is 10.3. The largest absolute Gasteiger partial charge is 0.469 e. The lowest BCUT2D eigenvalue weighted by molar-refractivity contribution is -0.140. The van der Waals surface area contributed by atoms with Gasteiger partial charge in [0.25, 0.3) is 0 Å². The van der Waals surface area contributed by atoms with Crippen molar-refractivity contribution in [2.75, 3.05) is 6.61 Å². The Kier molecular flexibility index (Phi) is 11.0. The van der Waals surface area contributed by atoms with Crippen LogP contribution in [0.4, 0.5) is 9.59 Å². The van der Waals surface area contributed by atoms with Crippen LogP contribution in [0.25, 0.3) is 0 Å². The maximum atomic E-state index is 10.5. The molecule has 0 saturated heterocycles. The van der Waals surface area contributed by atoms with E-state index in [0.717, 1.165) is 6.08 Å². The van der Waals surface area contributed by atoms with Crippen LogP contribution >= 0.6 is 23.2 Å². The highest BCUT2D eigenvalue weighted by atomic mass is 35.5. The van der Waals surface area contributed by atoms with Crippen LogP contribution < -0.4 is 0 Å². The Bertz CT molecular complexity index is 261. The van der Waals surface area contributed by atoms with E-state index in [1.165, 1.54) is 0 Å². The van der Waals surface area contributed by atoms with Crippen molar-refractivity contribution < 1.29 is 29.0 Å². The van der Waals surface area contributed by atoms with Crippen LogP contribution in [-0.2, 0) is 14.3 Å². The summed E-state index contributed by atoms with van der Waals surface area (Å²) in [6.07, 6.45) is 0.480. The molecule has 0 saturated carbocycles. The van der Waals surface area contributed by atoms with Crippen LogP contribution in [0.1, 0.15) is 6.92 Å². The van der Waals surface area contributed by atoms with Crippen LogP contribution in [0.2, 0.25) is 0 Å². The lowest BCUT2D eigenvalue weighted by Gasteiger charge is -2.09. The summed E-state index contributed by atoms with van der Waals surface area (Å²) >= 11 is 9.09. The van der Waals surface area contributed by atoms with Crippen LogP contribution in [0, 0.1) is 0 Å². The highest BCUT2D eigenvalue weighted by Gasteiger charge is 2.08. The molecule has 0 radical (unpaired) electrons. The minimum atomic E-state index is -1.36. The van der Waals surface area contributed by atoms with Gasteiger partial charge in [-0.1, -0.05) is 6.58 Å². The molecule has 0 spiro atoms. The molecule has 0 aliphatic heterocycles. The van der Waals surface area contributed by atoms with Gasteiger partial charge < -0.3 is 14.6 Å². The van der Waals surface area contributed by atoms with E-state index in [2.05, 4.69) is 27.7 Å². The van der Waals surface area contributed by atoms with E-state index in [9.17, 15) is 9.59 Å². The van der Waals surface area contributed by atoms with E-state index in [0.29, 0.717) is 0 Å². The predicted octanol–water partition coefficient (Wildman–Crippen LogP) is 2.38. The van der Waals surface area contributed by atoms with Gasteiger partial charge in [0.15, 0.2) is 0 Å². The van der Waals surface area contributed by atoms with Crippen molar-refractivity contribution in [2.24, 2.45) is 0 Å². The number of carboxylic acid groups (broad SMARTS) is 1. The van der Waals surface area contributed by atoms with Gasteiger partial charge in [0, 0.05) is 29.3 Å². The smallest absolute Gasteiger partial charge is 0.404 e. The summed E-state index contributed by atoms with van der Waals surface area (Å²) in [5, 5.41) is 7.18. The number of ether oxygens (including phenoxy) is 2. The fourth-order valence-corrected chi connectivity index (χ4v) is 0.603. The molecule has 0 aromatic heterocycles. The van der Waals surface area contributed by atoms with Crippen molar-refractivity contribution in [3.8, 4) is 0 Å². The summed E-state index contributed by atoms with van der Waals surface area (Å²) in [5.74, 6) is -0.563. The van der Waals surface area contributed by atoms with Crippen LogP contribution in [0.3, 0.4) is 0 Å². The van der Waals surface area contributed by atoms with Gasteiger partial charge in [-0.3, -0.25) is 0 Å². The van der Waals surface area contributed by atoms with E-state index < -0.39 is 22.9 Å². The number of hydrogen-bond acceptors (Lipinski definition) is 5. The zero-order valence-electron chi connectivity index (χ0n) is 8.31. The minimum Gasteiger partial charge on any atom is -0.469 e. The van der Waals surface area contributed by atoms with Gasteiger partial charge in [-0.15, -0.1) is 0 Å². The fourth-order valence-electron chi connectivity index (χ4n) is 0.451. The van der Waals surface area contributed by atoms with Crippen LogP contribution in [0.5, 0.6) is 0 Å². The summed E-state index contributed by atoms with van der Waals surface area (Å²) in [5.41, 5.74) is -2.28. The maximum absolute atomic E-state index is 10.5. The van der Waals surface area contributed by atoms with Crippen molar-refractivity contribution >= 4 is 40.0 Å². The van der Waals surface area contributed by atoms with Crippen molar-refractivity contribution in [3.05, 3.63) is 12.7 Å². The molecule has 0 bridgehead atoms. The average molecular weight is 273 g/mol. The molecule has 0 aliphatic carbocycles. The molecular formula is C8H10Cl2O6. The van der Waals surface area contributed by atoms with Gasteiger partial charge in [-0.25, -0.2) is 14.4 Å². The fraction of sp³-hybridized carbons (Fsp3) is 0.375. The second-order valence-corrected chi connectivity index (χ2v) is 2.89. The first kappa shape index (κ1) is 17.1. The Morgan fingerprint density at radius 1 is 1.44 bits per heavy atom. The molecule has 0 fully saturated rings. The molecule has 0 aliphatic rings. The first-order valence-corrected chi connectivity index (χ1v) is 4.59. The Morgan fingerprint density at radius 2 is 1.88 bits per heavy atom. The number of carbonyl (C=O) groups is 3. The van der Waals surface area contributed by atoms with Crippen molar-refractivity contribution in [2.45, 2.75) is 13.0 Å². The Hall–Kier alpha value is -1.27. The maximum Gasteiger partial charge on any atom is 0.404 e. The standard InChI is InChI=1S/C7H9ClO4.CHClO2/c1-3-6(9)11-4-5(2)12-7(8)10;2-1(3)4/h3,5H,1,4H2,2H3;(H,3,4). The summed E-state index contributed by atoms with van der Waals surface area (Å²) in [7, 11) is 0. The molecule has 92 valence electrons. The molecule has 1 unspecified atom stereocenters. The number of halogens is 2. The lowest BCUT2D eigenvalue weighted by atomic mass is 10.4. The first-order chi connectivity index (χ1) is 7.29. The SMILES string of the molecule is C=CC(=O)OCC(C)OC(=O)Cl.O=C(O)Cl. The Balaban J connectivity index is 0. The lowest BCUT2D eigenvalue weighted by Crippen LogP contribution is -2.19. The first-order valence-electron chi connectivity index (χ1n) is 3.83. The monoisotopic (exact) mass is 272 g/mol. The van der Waals surface area contributed by atoms with Gasteiger partial charge in [0.05, 0.1) is 0 Å². The normalized spacial score (nSPS) is 10.2. The molecule has 6 nitrogen and oxygen atoms in total. The predicted molar refractivity (Wildman–Crippen MR) is 56.8 cm³/mol. The minimum absolute atomic E-state index is 0.0245. The van der Waals surface area contributed by atoms with Gasteiger partial charge in [0.1, 0.15) is 12.7 Å². The molecule has 1 N–H and O–H groups in total. The van der Waals surface area contributed by atoms with Crippen molar-refractivity contribution in [1.82, 2.24) is 0 Å². The number of hydrogen-bond donors (Lipinski definition) is 1. The highest BCUT2D eigenvalue weighted by molar-refractivity contribution is 6.61. The molecule has 8 heteroatoms. The van der Waals surface area contributed by atoms with Crippen molar-refractivity contribution in [3.63, 3.8) is 0 Å². The molecule has 1 atom stereocenters. The molecule has 0 heterocycles. The van der Waals surface area contributed by atoms with Crippen LogP contribution in [0.15, 0.2) is 12.7 Å². The van der Waals surface area contributed by atoms with E-state index in [1.807, 2.05) is 0 Å². The molecule has 0 rings (SSSR count). The number of rotatable bonds is 4. The molecule has 0 amide bonds. The zero-order chi connectivity index (χ0) is 13.1. The Labute approximate surface area is 102 Å². The topological polar surface area (TPSA) is 89.9 Å². The van der Waals surface area contributed by atoms with E-state index in [4.69, 9.17) is 21.5 Å². The third-order valence-corrected chi connectivity index (χ3v) is 1.01. The Morgan fingerprint density at radius 3 is 2.19 bits per heavy atom. The quantitative estimate of drug-likeness (QED) is 0.480. The average Bonchev–Trinajstić information content (AvgIpc) is 2.12. The van der Waals surface area contributed by atoms with Gasteiger partial charge in [-0.2, -0.15) is 0 Å². The molecule has 0 aromatic rings. The van der Waals surface area contributed by atoms with E-state index >= 15 is 0 Å². The molecule has 16 heavy (non-hydrogen) atoms. The number of esters is 1. The highest BCUT2D eigenvalue weighted by Crippen LogP contribution is 1.96. The number of carbonyl (C=O) groups excluding carboxylic acids is 2. The van der Waals surface area contributed by atoms with E-state index in [1.54, 1.807) is 6.92 Å².